The van der Waals surface area contributed by atoms with Crippen LogP contribution in [0.15, 0.2) is 54.6 Å². The van der Waals surface area contributed by atoms with Crippen LogP contribution in [0.2, 0.25) is 0 Å². The summed E-state index contributed by atoms with van der Waals surface area (Å²) in [7, 11) is 0. The van der Waals surface area contributed by atoms with Crippen molar-refractivity contribution in [1.82, 2.24) is 0 Å². The van der Waals surface area contributed by atoms with E-state index < -0.39 is 11.9 Å². The molecule has 9 heteroatoms. The highest BCUT2D eigenvalue weighted by Gasteiger charge is 2.18. The second-order valence-electron chi connectivity index (χ2n) is 7.44. The van der Waals surface area contributed by atoms with Gasteiger partial charge in [0, 0.05) is 5.88 Å². The van der Waals surface area contributed by atoms with Crippen LogP contribution in [0.1, 0.15) is 60.7 Å². The highest BCUT2D eigenvalue weighted by atomic mass is 35.5. The van der Waals surface area contributed by atoms with Crippen LogP contribution in [0.25, 0.3) is 0 Å². The van der Waals surface area contributed by atoms with E-state index in [2.05, 4.69) is 0 Å². The van der Waals surface area contributed by atoms with Crippen LogP contribution in [0.4, 0.5) is 0 Å². The Morgan fingerprint density at radius 1 is 0.806 bits per heavy atom. The first-order chi connectivity index (χ1) is 17.3. The Hall–Kier alpha value is -2.65. The minimum absolute atomic E-state index is 0.100. The van der Waals surface area contributed by atoms with Gasteiger partial charge in [-0.15, -0.1) is 11.6 Å². The van der Waals surface area contributed by atoms with Crippen LogP contribution >= 0.6 is 11.6 Å². The summed E-state index contributed by atoms with van der Waals surface area (Å²) in [6.07, 6.45) is 1.54. The molecule has 0 aromatic heterocycles. The molecule has 0 bridgehead atoms. The highest BCUT2D eigenvalue weighted by molar-refractivity contribution is 6.18. The summed E-state index contributed by atoms with van der Waals surface area (Å²) in [5.41, 5.74) is 0.320. The third-order valence-electron chi connectivity index (χ3n) is 4.43. The number of alkyl halides is 1. The zero-order valence-corrected chi connectivity index (χ0v) is 22.0. The normalized spacial score (nSPS) is 11.5. The Bertz CT molecular complexity index is 789. The van der Waals surface area contributed by atoms with Gasteiger partial charge in [0.15, 0.2) is 0 Å². The number of para-hydroxylation sites is 1. The fraction of sp³-hybridized carbons (Fsp3) is 0.481. The minimum Gasteiger partial charge on any atom is -0.491 e. The lowest BCUT2D eigenvalue weighted by Crippen LogP contribution is -2.15. The molecule has 0 saturated heterocycles. The Morgan fingerprint density at radius 3 is 1.72 bits per heavy atom. The molecule has 2 rings (SSSR count). The molecule has 2 aromatic carbocycles. The van der Waals surface area contributed by atoms with E-state index in [0.717, 1.165) is 18.6 Å². The summed E-state index contributed by atoms with van der Waals surface area (Å²) in [5, 5.41) is 26.3. The van der Waals surface area contributed by atoms with E-state index in [9.17, 15) is 14.7 Å². The first-order valence-corrected chi connectivity index (χ1v) is 12.5. The van der Waals surface area contributed by atoms with Gasteiger partial charge in [0.25, 0.3) is 0 Å². The summed E-state index contributed by atoms with van der Waals surface area (Å²) in [6, 6.07) is 15.8. The maximum absolute atomic E-state index is 11.7. The van der Waals surface area contributed by atoms with Gasteiger partial charge in [-0.25, -0.2) is 9.59 Å². The summed E-state index contributed by atoms with van der Waals surface area (Å²) in [4.78, 5) is 23.4. The van der Waals surface area contributed by atoms with Crippen molar-refractivity contribution in [1.29, 1.82) is 0 Å². The molecule has 0 saturated carbocycles. The Labute approximate surface area is 218 Å². The standard InChI is InChI=1S/C13H16O5.C10H14O2.C4H9ClO/c1-2-8-17-12(15)10-5-3-4-6-11(10)13(16)18-9-7-14;1-2-9(11)8-12-10-6-4-3-5-7-10;1-2-4(6)3-5/h3-6,14H,2,7-9H2,1H3;3-7,9,11H,2,8H2,1H3;4,6H,2-3H2,1H3. The van der Waals surface area contributed by atoms with Crippen LogP contribution in [0.3, 0.4) is 0 Å². The van der Waals surface area contributed by atoms with Crippen LogP contribution in [-0.2, 0) is 9.47 Å². The second-order valence-corrected chi connectivity index (χ2v) is 7.75. The van der Waals surface area contributed by atoms with E-state index in [1.807, 2.05) is 51.1 Å². The smallest absolute Gasteiger partial charge is 0.339 e. The molecule has 0 aliphatic heterocycles. The van der Waals surface area contributed by atoms with Gasteiger partial charge in [0.05, 0.1) is 36.5 Å². The van der Waals surface area contributed by atoms with Gasteiger partial charge in [-0.3, -0.25) is 0 Å². The van der Waals surface area contributed by atoms with Gasteiger partial charge in [-0.1, -0.05) is 51.1 Å². The van der Waals surface area contributed by atoms with Crippen molar-refractivity contribution in [3.05, 3.63) is 65.7 Å². The lowest BCUT2D eigenvalue weighted by atomic mass is 10.1. The number of ether oxygens (including phenoxy) is 3. The molecule has 8 nitrogen and oxygen atoms in total. The van der Waals surface area contributed by atoms with Gasteiger partial charge in [-0.05, 0) is 43.5 Å². The fourth-order valence-corrected chi connectivity index (χ4v) is 2.48. The molecule has 0 fully saturated rings. The average molecular weight is 527 g/mol. The average Bonchev–Trinajstić information content (AvgIpc) is 2.93. The minimum atomic E-state index is -0.645. The molecule has 2 atom stereocenters. The van der Waals surface area contributed by atoms with Crippen molar-refractivity contribution in [2.75, 3.05) is 32.3 Å². The molecule has 2 aromatic rings. The van der Waals surface area contributed by atoms with Crippen molar-refractivity contribution < 1.29 is 39.1 Å². The second kappa shape index (κ2) is 21.6. The maximum Gasteiger partial charge on any atom is 0.339 e. The molecular formula is C27H39ClO8. The number of halogens is 1. The molecule has 0 amide bonds. The molecule has 0 spiro atoms. The first kappa shape index (κ1) is 33.4. The summed E-state index contributed by atoms with van der Waals surface area (Å²) >= 11 is 5.20. The van der Waals surface area contributed by atoms with Gasteiger partial charge >= 0.3 is 11.9 Å². The van der Waals surface area contributed by atoms with E-state index in [1.54, 1.807) is 12.1 Å². The molecule has 0 heterocycles. The zero-order chi connectivity index (χ0) is 27.2. The Morgan fingerprint density at radius 2 is 1.31 bits per heavy atom. The zero-order valence-electron chi connectivity index (χ0n) is 21.3. The number of hydrogen-bond donors (Lipinski definition) is 3. The van der Waals surface area contributed by atoms with Crippen molar-refractivity contribution in [3.63, 3.8) is 0 Å². The molecule has 0 radical (unpaired) electrons. The van der Waals surface area contributed by atoms with Crippen molar-refractivity contribution in [2.24, 2.45) is 0 Å². The molecular weight excluding hydrogens is 488 g/mol. The predicted octanol–water partition coefficient (Wildman–Crippen LogP) is 4.23. The maximum atomic E-state index is 11.7. The summed E-state index contributed by atoms with van der Waals surface area (Å²) in [6.45, 7) is 6.03. The topological polar surface area (TPSA) is 123 Å². The lowest BCUT2D eigenvalue weighted by molar-refractivity contribution is 0.0411. The van der Waals surface area contributed by atoms with Crippen LogP contribution in [0, 0.1) is 0 Å². The number of esters is 2. The quantitative estimate of drug-likeness (QED) is 0.277. The van der Waals surface area contributed by atoms with Gasteiger partial charge in [0.1, 0.15) is 19.0 Å². The van der Waals surface area contributed by atoms with E-state index in [1.165, 1.54) is 12.1 Å². The van der Waals surface area contributed by atoms with Gasteiger partial charge in [-0.2, -0.15) is 0 Å². The fourth-order valence-electron chi connectivity index (χ4n) is 2.26. The van der Waals surface area contributed by atoms with E-state index in [0.29, 0.717) is 25.5 Å². The highest BCUT2D eigenvalue weighted by Crippen LogP contribution is 2.12. The molecule has 202 valence electrons. The van der Waals surface area contributed by atoms with Crippen LogP contribution in [0.5, 0.6) is 5.75 Å². The van der Waals surface area contributed by atoms with Gasteiger partial charge in [0.2, 0.25) is 0 Å². The molecule has 0 aliphatic rings. The van der Waals surface area contributed by atoms with E-state index >= 15 is 0 Å². The van der Waals surface area contributed by atoms with Gasteiger partial charge < -0.3 is 29.5 Å². The Kier molecular flexibility index (Phi) is 20.0. The molecule has 0 aliphatic carbocycles. The number of benzene rings is 2. The monoisotopic (exact) mass is 526 g/mol. The number of carbonyl (C=O) groups is 2. The SMILES string of the molecule is CCC(O)CCl.CCC(O)COc1ccccc1.CCCOC(=O)c1ccccc1C(=O)OCCO. The summed E-state index contributed by atoms with van der Waals surface area (Å²) in [5.74, 6) is -0.0252. The third-order valence-corrected chi connectivity index (χ3v) is 4.79. The molecule has 3 N–H and O–H groups in total. The van der Waals surface area contributed by atoms with E-state index in [-0.39, 0.29) is 36.5 Å². The Balaban J connectivity index is 0.000000583. The van der Waals surface area contributed by atoms with E-state index in [4.69, 9.17) is 36.0 Å². The number of aliphatic hydroxyl groups is 3. The van der Waals surface area contributed by atoms with Crippen molar-refractivity contribution >= 4 is 23.5 Å². The number of rotatable bonds is 12. The number of hydrogen-bond acceptors (Lipinski definition) is 8. The molecule has 2 unspecified atom stereocenters. The first-order valence-electron chi connectivity index (χ1n) is 12.0. The predicted molar refractivity (Wildman–Crippen MR) is 140 cm³/mol. The van der Waals surface area contributed by atoms with Crippen LogP contribution in [-0.4, -0.2) is 71.8 Å². The van der Waals surface area contributed by atoms with Crippen molar-refractivity contribution in [3.8, 4) is 5.75 Å². The number of aliphatic hydroxyl groups excluding tert-OH is 3. The molecule has 36 heavy (non-hydrogen) atoms. The van der Waals surface area contributed by atoms with Crippen molar-refractivity contribution in [2.45, 2.75) is 52.2 Å². The summed E-state index contributed by atoms with van der Waals surface area (Å²) < 4.78 is 15.1. The largest absolute Gasteiger partial charge is 0.491 e. The number of carbonyl (C=O) groups excluding carboxylic acids is 2. The lowest BCUT2D eigenvalue weighted by Gasteiger charge is -2.09. The third kappa shape index (κ3) is 15.4. The van der Waals surface area contributed by atoms with Crippen LogP contribution < -0.4 is 4.74 Å².